The SMILES string of the molecule is Cc1ccc(COC(CCC(=O)O)Oc2ccc(-c3cc4ccccc4[nH]3)cc2)cc1. The minimum Gasteiger partial charge on any atom is -0.481 e. The van der Waals surface area contributed by atoms with Crippen LogP contribution >= 0.6 is 0 Å². The molecule has 0 amide bonds. The summed E-state index contributed by atoms with van der Waals surface area (Å²) in [6.07, 6.45) is -0.396. The predicted molar refractivity (Wildman–Crippen MR) is 121 cm³/mol. The van der Waals surface area contributed by atoms with Crippen LogP contribution in [0.2, 0.25) is 0 Å². The molecular weight excluding hydrogens is 390 g/mol. The number of benzene rings is 3. The normalized spacial score (nSPS) is 12.0. The van der Waals surface area contributed by atoms with E-state index in [0.29, 0.717) is 12.4 Å². The molecule has 1 aromatic heterocycles. The Labute approximate surface area is 181 Å². The summed E-state index contributed by atoms with van der Waals surface area (Å²) in [7, 11) is 0. The number of fused-ring (bicyclic) bond motifs is 1. The van der Waals surface area contributed by atoms with Crippen LogP contribution in [0.4, 0.5) is 0 Å². The number of aromatic amines is 1. The second-order valence-corrected chi connectivity index (χ2v) is 7.57. The maximum atomic E-state index is 11.0. The molecule has 0 aliphatic rings. The number of aromatic nitrogens is 1. The molecule has 31 heavy (non-hydrogen) atoms. The number of hydrogen-bond acceptors (Lipinski definition) is 3. The largest absolute Gasteiger partial charge is 0.481 e. The molecule has 1 heterocycles. The zero-order valence-electron chi connectivity index (χ0n) is 17.4. The smallest absolute Gasteiger partial charge is 0.303 e. The van der Waals surface area contributed by atoms with Gasteiger partial charge in [-0.15, -0.1) is 0 Å². The van der Waals surface area contributed by atoms with E-state index in [-0.39, 0.29) is 12.8 Å². The van der Waals surface area contributed by atoms with Crippen molar-refractivity contribution in [3.05, 3.63) is 90.0 Å². The molecule has 1 unspecified atom stereocenters. The number of carbonyl (C=O) groups is 1. The lowest BCUT2D eigenvalue weighted by atomic mass is 10.1. The fourth-order valence-electron chi connectivity index (χ4n) is 3.38. The zero-order valence-corrected chi connectivity index (χ0v) is 17.4. The van der Waals surface area contributed by atoms with E-state index in [0.717, 1.165) is 27.7 Å². The lowest BCUT2D eigenvalue weighted by Gasteiger charge is -2.19. The molecule has 0 spiro atoms. The summed E-state index contributed by atoms with van der Waals surface area (Å²) in [4.78, 5) is 14.4. The van der Waals surface area contributed by atoms with Crippen LogP contribution in [-0.2, 0) is 16.1 Å². The van der Waals surface area contributed by atoms with Crippen LogP contribution in [0.25, 0.3) is 22.2 Å². The third kappa shape index (κ3) is 5.53. The van der Waals surface area contributed by atoms with Gasteiger partial charge >= 0.3 is 5.97 Å². The predicted octanol–water partition coefficient (Wildman–Crippen LogP) is 5.93. The average molecular weight is 415 g/mol. The van der Waals surface area contributed by atoms with Crippen molar-refractivity contribution >= 4 is 16.9 Å². The summed E-state index contributed by atoms with van der Waals surface area (Å²) >= 11 is 0. The minimum atomic E-state index is -0.873. The first-order chi connectivity index (χ1) is 15.1. The molecule has 0 bridgehead atoms. The van der Waals surface area contributed by atoms with E-state index in [1.165, 1.54) is 5.56 Å². The highest BCUT2D eigenvalue weighted by Gasteiger charge is 2.14. The molecule has 2 N–H and O–H groups in total. The van der Waals surface area contributed by atoms with E-state index >= 15 is 0 Å². The van der Waals surface area contributed by atoms with Crippen molar-refractivity contribution < 1.29 is 19.4 Å². The Morgan fingerprint density at radius 1 is 1.00 bits per heavy atom. The van der Waals surface area contributed by atoms with E-state index in [4.69, 9.17) is 14.6 Å². The van der Waals surface area contributed by atoms with Crippen molar-refractivity contribution in [3.8, 4) is 17.0 Å². The number of para-hydroxylation sites is 1. The summed E-state index contributed by atoms with van der Waals surface area (Å²) < 4.78 is 11.8. The Balaban J connectivity index is 1.43. The van der Waals surface area contributed by atoms with Gasteiger partial charge in [0.25, 0.3) is 0 Å². The Morgan fingerprint density at radius 2 is 1.74 bits per heavy atom. The van der Waals surface area contributed by atoms with E-state index < -0.39 is 12.3 Å². The Kier molecular flexibility index (Phi) is 6.34. The van der Waals surface area contributed by atoms with Crippen molar-refractivity contribution in [1.82, 2.24) is 4.98 Å². The molecule has 5 nitrogen and oxygen atoms in total. The maximum absolute atomic E-state index is 11.0. The molecule has 5 heteroatoms. The number of ether oxygens (including phenoxy) is 2. The Bertz CT molecular complexity index is 1110. The average Bonchev–Trinajstić information content (AvgIpc) is 3.21. The minimum absolute atomic E-state index is 0.0221. The molecule has 0 aliphatic carbocycles. The van der Waals surface area contributed by atoms with Gasteiger partial charge < -0.3 is 19.6 Å². The van der Waals surface area contributed by atoms with Gasteiger partial charge in [0.05, 0.1) is 13.0 Å². The van der Waals surface area contributed by atoms with Crippen LogP contribution in [0.3, 0.4) is 0 Å². The van der Waals surface area contributed by atoms with E-state index in [1.54, 1.807) is 0 Å². The molecule has 4 aromatic rings. The quantitative estimate of drug-likeness (QED) is 0.332. The monoisotopic (exact) mass is 415 g/mol. The van der Waals surface area contributed by atoms with Gasteiger partial charge in [0.15, 0.2) is 0 Å². The summed E-state index contributed by atoms with van der Waals surface area (Å²) in [5.74, 6) is -0.235. The van der Waals surface area contributed by atoms with E-state index in [9.17, 15) is 4.79 Å². The molecule has 1 atom stereocenters. The van der Waals surface area contributed by atoms with Gasteiger partial charge in [-0.05, 0) is 54.4 Å². The third-order valence-corrected chi connectivity index (χ3v) is 5.11. The summed E-state index contributed by atoms with van der Waals surface area (Å²) in [5.41, 5.74) is 5.37. The molecule has 4 rings (SSSR count). The van der Waals surface area contributed by atoms with Gasteiger partial charge in [-0.3, -0.25) is 4.79 Å². The summed E-state index contributed by atoms with van der Waals surface area (Å²) in [6, 6.07) is 26.0. The number of aliphatic carboxylic acids is 1. The Morgan fingerprint density at radius 3 is 2.45 bits per heavy atom. The molecule has 0 saturated heterocycles. The first-order valence-corrected chi connectivity index (χ1v) is 10.3. The van der Waals surface area contributed by atoms with Gasteiger partial charge in [0.2, 0.25) is 6.29 Å². The number of nitrogens with one attached hydrogen (secondary N) is 1. The molecule has 158 valence electrons. The number of hydrogen-bond donors (Lipinski definition) is 2. The zero-order chi connectivity index (χ0) is 21.6. The van der Waals surface area contributed by atoms with Crippen LogP contribution in [0, 0.1) is 6.92 Å². The maximum Gasteiger partial charge on any atom is 0.303 e. The molecule has 0 aliphatic heterocycles. The first-order valence-electron chi connectivity index (χ1n) is 10.3. The van der Waals surface area contributed by atoms with Gasteiger partial charge in [-0.2, -0.15) is 0 Å². The van der Waals surface area contributed by atoms with Gasteiger partial charge in [0.1, 0.15) is 5.75 Å². The standard InChI is InChI=1S/C26H25NO4/c1-18-6-8-19(9-7-18)17-30-26(15-14-25(28)29)31-22-12-10-20(11-13-22)24-16-21-4-2-3-5-23(21)27-24/h2-13,16,26-27H,14-15,17H2,1H3,(H,28,29). The summed E-state index contributed by atoms with van der Waals surface area (Å²) in [5, 5.41) is 10.2. The molecule has 3 aromatic carbocycles. The third-order valence-electron chi connectivity index (χ3n) is 5.11. The molecular formula is C26H25NO4. The fourth-order valence-corrected chi connectivity index (χ4v) is 3.38. The summed E-state index contributed by atoms with van der Waals surface area (Å²) in [6.45, 7) is 2.39. The number of carboxylic acids is 1. The fraction of sp³-hybridized carbons (Fsp3) is 0.192. The number of rotatable bonds is 9. The van der Waals surface area contributed by atoms with Gasteiger partial charge in [-0.25, -0.2) is 0 Å². The topological polar surface area (TPSA) is 71.6 Å². The van der Waals surface area contributed by atoms with Crippen LogP contribution in [0.1, 0.15) is 24.0 Å². The van der Waals surface area contributed by atoms with Crippen molar-refractivity contribution in [2.75, 3.05) is 0 Å². The number of H-pyrrole nitrogens is 1. The highest BCUT2D eigenvalue weighted by Crippen LogP contribution is 2.26. The lowest BCUT2D eigenvalue weighted by molar-refractivity contribution is -0.141. The lowest BCUT2D eigenvalue weighted by Crippen LogP contribution is -2.21. The van der Waals surface area contributed by atoms with Crippen molar-refractivity contribution in [1.29, 1.82) is 0 Å². The second-order valence-electron chi connectivity index (χ2n) is 7.57. The van der Waals surface area contributed by atoms with Crippen molar-refractivity contribution in [3.63, 3.8) is 0 Å². The number of carboxylic acid groups (broad SMARTS) is 1. The van der Waals surface area contributed by atoms with Crippen LogP contribution < -0.4 is 4.74 Å². The second kappa shape index (κ2) is 9.49. The van der Waals surface area contributed by atoms with Crippen molar-refractivity contribution in [2.45, 2.75) is 32.7 Å². The van der Waals surface area contributed by atoms with Crippen LogP contribution in [-0.4, -0.2) is 22.3 Å². The molecule has 0 radical (unpaired) electrons. The van der Waals surface area contributed by atoms with Crippen molar-refractivity contribution in [2.24, 2.45) is 0 Å². The molecule has 0 saturated carbocycles. The Hall–Kier alpha value is -3.57. The van der Waals surface area contributed by atoms with E-state index in [2.05, 4.69) is 23.2 Å². The highest BCUT2D eigenvalue weighted by molar-refractivity contribution is 5.85. The van der Waals surface area contributed by atoms with Crippen LogP contribution in [0.15, 0.2) is 78.9 Å². The van der Waals surface area contributed by atoms with Crippen LogP contribution in [0.5, 0.6) is 5.75 Å². The first kappa shape index (κ1) is 20.7. The van der Waals surface area contributed by atoms with Gasteiger partial charge in [0, 0.05) is 23.0 Å². The highest BCUT2D eigenvalue weighted by atomic mass is 16.7. The van der Waals surface area contributed by atoms with E-state index in [1.807, 2.05) is 67.6 Å². The van der Waals surface area contributed by atoms with Gasteiger partial charge in [-0.1, -0.05) is 48.0 Å². The molecule has 0 fully saturated rings. The number of aryl methyl sites for hydroxylation is 1.